The Labute approximate surface area is 432 Å². The molecule has 0 radical (unpaired) electrons. The Morgan fingerprint density at radius 3 is 1.03 bits per heavy atom. The van der Waals surface area contributed by atoms with Crippen molar-refractivity contribution in [2.75, 3.05) is 72.6 Å². The highest BCUT2D eigenvalue weighted by Gasteiger charge is 2.20. The molecular weight excluding hydrogens is 851 g/mol. The average Bonchev–Trinajstić information content (AvgIpc) is 3.35. The lowest BCUT2D eigenvalue weighted by atomic mass is 9.94. The van der Waals surface area contributed by atoms with Crippen molar-refractivity contribution in [3.8, 4) is 0 Å². The van der Waals surface area contributed by atoms with Crippen molar-refractivity contribution in [1.82, 2.24) is 14.7 Å². The minimum absolute atomic E-state index is 0.000217. The van der Waals surface area contributed by atoms with Gasteiger partial charge in [-0.05, 0) is 103 Å². The normalized spacial score (nSPS) is 14.6. The van der Waals surface area contributed by atoms with Gasteiger partial charge in [0.25, 0.3) is 0 Å². The van der Waals surface area contributed by atoms with E-state index in [2.05, 4.69) is 63.3 Å². The lowest BCUT2D eigenvalue weighted by Crippen LogP contribution is -2.45. The molecule has 0 saturated carbocycles. The Morgan fingerprint density at radius 1 is 0.391 bits per heavy atom. The van der Waals surface area contributed by atoms with Crippen molar-refractivity contribution in [1.29, 1.82) is 0 Å². The summed E-state index contributed by atoms with van der Waals surface area (Å²) in [6.45, 7) is 24.1. The molecule has 2 unspecified atom stereocenters. The van der Waals surface area contributed by atoms with E-state index in [1.807, 2.05) is 0 Å². The average molecular weight is 975 g/mol. The van der Waals surface area contributed by atoms with E-state index in [9.17, 15) is 9.59 Å². The number of hydrogen-bond donors (Lipinski definition) is 0. The summed E-state index contributed by atoms with van der Waals surface area (Å²) in [6, 6.07) is 0. The highest BCUT2D eigenvalue weighted by atomic mass is 16.5. The van der Waals surface area contributed by atoms with Gasteiger partial charge in [-0.2, -0.15) is 0 Å². The second kappa shape index (κ2) is 49.1. The van der Waals surface area contributed by atoms with E-state index in [1.54, 1.807) is 0 Å². The first-order valence-corrected chi connectivity index (χ1v) is 31.2. The maximum Gasteiger partial charge on any atom is 0.308 e. The van der Waals surface area contributed by atoms with Crippen LogP contribution >= 0.6 is 0 Å². The third kappa shape index (κ3) is 40.9. The van der Waals surface area contributed by atoms with Gasteiger partial charge in [0, 0.05) is 26.2 Å². The number of hydrogen-bond acceptors (Lipinski definition) is 7. The van der Waals surface area contributed by atoms with Crippen LogP contribution in [0, 0.1) is 23.7 Å². The number of likely N-dealkylation sites (N-methyl/N-ethyl adjacent to an activating group) is 1. The van der Waals surface area contributed by atoms with Gasteiger partial charge in [0.1, 0.15) is 0 Å². The van der Waals surface area contributed by atoms with Gasteiger partial charge >= 0.3 is 11.9 Å². The predicted molar refractivity (Wildman–Crippen MR) is 300 cm³/mol. The molecule has 0 spiro atoms. The van der Waals surface area contributed by atoms with Crippen molar-refractivity contribution in [3.05, 3.63) is 0 Å². The summed E-state index contributed by atoms with van der Waals surface area (Å²) >= 11 is 0. The molecule has 7 heteroatoms. The molecule has 0 aromatic rings. The Bertz CT molecular complexity index is 995. The van der Waals surface area contributed by atoms with E-state index in [0.717, 1.165) is 25.7 Å². The molecule has 69 heavy (non-hydrogen) atoms. The van der Waals surface area contributed by atoms with Gasteiger partial charge in [-0.15, -0.1) is 0 Å². The van der Waals surface area contributed by atoms with Gasteiger partial charge in [-0.3, -0.25) is 9.59 Å². The fraction of sp³-hybridized carbons (Fsp3) is 0.968. The third-order valence-corrected chi connectivity index (χ3v) is 15.9. The number of nitrogens with zero attached hydrogens (tertiary/aromatic N) is 3. The van der Waals surface area contributed by atoms with Gasteiger partial charge in [0.15, 0.2) is 0 Å². The number of unbranched alkanes of at least 4 members (excludes halogenated alkanes) is 26. The topological polar surface area (TPSA) is 62.3 Å². The fourth-order valence-electron chi connectivity index (χ4n) is 10.6. The monoisotopic (exact) mass is 974 g/mol. The maximum atomic E-state index is 13.1. The summed E-state index contributed by atoms with van der Waals surface area (Å²) < 4.78 is 12.1. The van der Waals surface area contributed by atoms with Crippen LogP contribution in [0.25, 0.3) is 0 Å². The minimum Gasteiger partial charge on any atom is -0.465 e. The van der Waals surface area contributed by atoms with Crippen LogP contribution in [-0.2, 0) is 19.1 Å². The predicted octanol–water partition coefficient (Wildman–Crippen LogP) is 17.4. The summed E-state index contributed by atoms with van der Waals surface area (Å²) in [5.41, 5.74) is 0. The van der Waals surface area contributed by atoms with Gasteiger partial charge in [0.05, 0.1) is 25.0 Å². The lowest BCUT2D eigenvalue weighted by Gasteiger charge is -2.33. The molecule has 1 saturated heterocycles. The second-order valence-electron chi connectivity index (χ2n) is 22.8. The highest BCUT2D eigenvalue weighted by molar-refractivity contribution is 5.72. The zero-order valence-corrected chi connectivity index (χ0v) is 47.9. The van der Waals surface area contributed by atoms with Crippen molar-refractivity contribution in [2.24, 2.45) is 23.7 Å². The van der Waals surface area contributed by atoms with Crippen LogP contribution in [0.1, 0.15) is 292 Å². The van der Waals surface area contributed by atoms with Crippen LogP contribution in [0.3, 0.4) is 0 Å². The van der Waals surface area contributed by atoms with Crippen LogP contribution in [0.15, 0.2) is 0 Å². The fourth-order valence-corrected chi connectivity index (χ4v) is 10.6. The second-order valence-corrected chi connectivity index (χ2v) is 22.8. The summed E-state index contributed by atoms with van der Waals surface area (Å²) in [4.78, 5) is 34.1. The third-order valence-electron chi connectivity index (χ3n) is 15.9. The molecule has 1 heterocycles. The Kier molecular flexibility index (Phi) is 46.8. The largest absolute Gasteiger partial charge is 0.465 e. The van der Waals surface area contributed by atoms with E-state index < -0.39 is 0 Å². The molecule has 1 fully saturated rings. The molecule has 0 amide bonds. The number of ether oxygens (including phenoxy) is 2. The van der Waals surface area contributed by atoms with E-state index >= 15 is 0 Å². The first-order chi connectivity index (χ1) is 33.7. The number of rotatable bonds is 52. The van der Waals surface area contributed by atoms with Crippen LogP contribution in [0.4, 0.5) is 0 Å². The first kappa shape index (κ1) is 65.8. The molecule has 1 rings (SSSR count). The Morgan fingerprint density at radius 2 is 0.681 bits per heavy atom. The number of esters is 2. The SMILES string of the molecule is CCCCCCCCC(CCCCCCCC)COC(=O)C(C)CCCCCCN(CCCCCCC(C)C(=O)OCC(CCCCCCCC)CCCCCCCC)CCCN1CCN(C)CC1. The van der Waals surface area contributed by atoms with Crippen LogP contribution in [-0.4, -0.2) is 99.3 Å². The summed E-state index contributed by atoms with van der Waals surface area (Å²) in [7, 11) is 2.24. The summed E-state index contributed by atoms with van der Waals surface area (Å²) in [5, 5.41) is 0. The van der Waals surface area contributed by atoms with E-state index in [0.29, 0.717) is 25.0 Å². The molecule has 0 aromatic heterocycles. The maximum absolute atomic E-state index is 13.1. The van der Waals surface area contributed by atoms with Crippen LogP contribution in [0.2, 0.25) is 0 Å². The quantitative estimate of drug-likeness (QED) is 0.0444. The first-order valence-electron chi connectivity index (χ1n) is 31.2. The van der Waals surface area contributed by atoms with Gasteiger partial charge < -0.3 is 24.2 Å². The molecule has 410 valence electrons. The van der Waals surface area contributed by atoms with E-state index in [-0.39, 0.29) is 23.8 Å². The number of carbonyl (C=O) groups is 2. The van der Waals surface area contributed by atoms with E-state index in [4.69, 9.17) is 9.47 Å². The van der Waals surface area contributed by atoms with Gasteiger partial charge in [-0.25, -0.2) is 0 Å². The Balaban J connectivity index is 2.46. The summed E-state index contributed by atoms with van der Waals surface area (Å²) in [6.07, 6.45) is 49.5. The molecule has 0 aliphatic carbocycles. The molecule has 2 atom stereocenters. The highest BCUT2D eigenvalue weighted by Crippen LogP contribution is 2.23. The molecule has 0 N–H and O–H groups in total. The van der Waals surface area contributed by atoms with E-state index in [1.165, 1.54) is 277 Å². The molecule has 0 bridgehead atoms. The zero-order valence-electron chi connectivity index (χ0n) is 47.9. The molecular formula is C62H123N3O4. The smallest absolute Gasteiger partial charge is 0.308 e. The Hall–Kier alpha value is -1.18. The minimum atomic E-state index is 0.000217. The standard InChI is InChI=1S/C62H123N3O4/c1-8-12-16-20-24-34-43-59(44-35-25-21-17-13-9-2)55-68-61(66)57(5)41-32-28-30-38-47-64(49-40-50-65-53-51-63(7)52-54-65)48-39-31-29-33-42-58(6)62(67)69-56-60(45-36-26-22-18-14-10-3)46-37-27-23-19-15-11-4/h57-60H,8-56H2,1-7H3. The van der Waals surface area contributed by atoms with Crippen molar-refractivity contribution in [2.45, 2.75) is 292 Å². The summed E-state index contributed by atoms with van der Waals surface area (Å²) in [5.74, 6) is 1.13. The van der Waals surface area contributed by atoms with Crippen molar-refractivity contribution < 1.29 is 19.1 Å². The number of piperazine rings is 1. The molecule has 7 nitrogen and oxygen atoms in total. The van der Waals surface area contributed by atoms with Crippen molar-refractivity contribution in [3.63, 3.8) is 0 Å². The molecule has 1 aliphatic rings. The van der Waals surface area contributed by atoms with Crippen molar-refractivity contribution >= 4 is 11.9 Å². The van der Waals surface area contributed by atoms with Crippen LogP contribution < -0.4 is 0 Å². The molecule has 1 aliphatic heterocycles. The zero-order chi connectivity index (χ0) is 50.3. The lowest BCUT2D eigenvalue weighted by molar-refractivity contribution is -0.150. The van der Waals surface area contributed by atoms with Gasteiger partial charge in [0.2, 0.25) is 0 Å². The van der Waals surface area contributed by atoms with Gasteiger partial charge in [-0.1, -0.05) is 234 Å². The van der Waals surface area contributed by atoms with Crippen LogP contribution in [0.5, 0.6) is 0 Å². The number of carbonyl (C=O) groups excluding carboxylic acids is 2. The molecule has 0 aromatic carbocycles.